The van der Waals surface area contributed by atoms with Gasteiger partial charge in [-0.05, 0) is 73.7 Å². The summed E-state index contributed by atoms with van der Waals surface area (Å²) >= 11 is 1.40. The van der Waals surface area contributed by atoms with Gasteiger partial charge in [0.15, 0.2) is 5.06 Å². The van der Waals surface area contributed by atoms with E-state index in [1.165, 1.54) is 49.9 Å². The van der Waals surface area contributed by atoms with Crippen molar-refractivity contribution < 1.29 is 9.47 Å². The summed E-state index contributed by atoms with van der Waals surface area (Å²) in [6.07, 6.45) is 11.2. The molecule has 0 bridgehead atoms. The van der Waals surface area contributed by atoms with Crippen LogP contribution >= 0.6 is 11.3 Å². The molecule has 3 aromatic rings. The van der Waals surface area contributed by atoms with Crippen LogP contribution in [0.15, 0.2) is 75.2 Å². The third-order valence-corrected chi connectivity index (χ3v) is 6.78. The van der Waals surface area contributed by atoms with Crippen LogP contribution in [0, 0.1) is 5.92 Å². The van der Waals surface area contributed by atoms with Crippen molar-refractivity contribution in [3.63, 3.8) is 0 Å². The normalized spacial score (nSPS) is 12.4. The summed E-state index contributed by atoms with van der Waals surface area (Å²) in [5.41, 5.74) is 2.25. The van der Waals surface area contributed by atoms with Crippen LogP contribution in [0.4, 0.5) is 22.2 Å². The molecule has 0 spiro atoms. The molecule has 0 fully saturated rings. The van der Waals surface area contributed by atoms with Gasteiger partial charge >= 0.3 is 0 Å². The van der Waals surface area contributed by atoms with Crippen LogP contribution in [-0.2, 0) is 0 Å². The van der Waals surface area contributed by atoms with Gasteiger partial charge < -0.3 is 9.47 Å². The Balaban J connectivity index is 1.40. The summed E-state index contributed by atoms with van der Waals surface area (Å²) in [7, 11) is 0. The van der Waals surface area contributed by atoms with E-state index in [9.17, 15) is 0 Å². The molecule has 3 rings (SSSR count). The van der Waals surface area contributed by atoms with E-state index < -0.39 is 0 Å². The number of aromatic nitrogens is 1. The molecule has 198 valence electrons. The number of benzene rings is 2. The Labute approximate surface area is 225 Å². The molecule has 7 nitrogen and oxygen atoms in total. The van der Waals surface area contributed by atoms with Crippen LogP contribution in [-0.4, -0.2) is 18.2 Å². The fraction of sp³-hybridized carbons (Fsp3) is 0.483. The lowest BCUT2D eigenvalue weighted by atomic mass is 10.0. The van der Waals surface area contributed by atoms with E-state index in [-0.39, 0.29) is 0 Å². The highest BCUT2D eigenvalue weighted by molar-refractivity contribution is 7.17. The first-order chi connectivity index (χ1) is 18.2. The second-order valence-electron chi connectivity index (χ2n) is 9.14. The van der Waals surface area contributed by atoms with E-state index in [0.717, 1.165) is 53.2 Å². The molecule has 1 unspecified atom stereocenters. The van der Waals surface area contributed by atoms with Gasteiger partial charge in [0.1, 0.15) is 5.75 Å². The summed E-state index contributed by atoms with van der Waals surface area (Å²) in [5.74, 6) is 1.65. The molecule has 0 saturated carbocycles. The van der Waals surface area contributed by atoms with Gasteiger partial charge in [-0.3, -0.25) is 0 Å². The van der Waals surface area contributed by atoms with Gasteiger partial charge in [0.25, 0.3) is 0 Å². The molecule has 1 heterocycles. The van der Waals surface area contributed by atoms with Gasteiger partial charge in [-0.15, -0.1) is 10.2 Å². The number of unbranched alkanes of at least 4 members (excludes halogenated alkanes) is 4. The molecule has 0 radical (unpaired) electrons. The number of rotatable bonds is 17. The number of thiazole rings is 1. The molecule has 8 heteroatoms. The first-order valence-electron chi connectivity index (χ1n) is 13.4. The van der Waals surface area contributed by atoms with Crippen molar-refractivity contribution in [2.24, 2.45) is 26.4 Å². The fourth-order valence-electron chi connectivity index (χ4n) is 3.47. The van der Waals surface area contributed by atoms with Crippen molar-refractivity contribution >= 4 is 33.5 Å². The molecular formula is C29H39N5O2S. The average molecular weight is 522 g/mol. The maximum Gasteiger partial charge on any atom is 0.233 e. The Kier molecular flexibility index (Phi) is 12.7. The molecule has 0 N–H and O–H groups in total. The molecule has 1 atom stereocenters. The second-order valence-corrected chi connectivity index (χ2v) is 10.1. The van der Waals surface area contributed by atoms with Crippen LogP contribution in [0.2, 0.25) is 0 Å². The van der Waals surface area contributed by atoms with Crippen molar-refractivity contribution in [2.45, 2.75) is 72.1 Å². The van der Waals surface area contributed by atoms with Gasteiger partial charge in [0.2, 0.25) is 5.13 Å². The van der Waals surface area contributed by atoms with Gasteiger partial charge in [0, 0.05) is 0 Å². The molecule has 2 aromatic carbocycles. The maximum absolute atomic E-state index is 5.79. The first-order valence-corrected chi connectivity index (χ1v) is 14.2. The highest BCUT2D eigenvalue weighted by atomic mass is 32.1. The van der Waals surface area contributed by atoms with E-state index in [2.05, 4.69) is 46.2 Å². The first kappa shape index (κ1) is 28.4. The van der Waals surface area contributed by atoms with Crippen molar-refractivity contribution in [1.29, 1.82) is 0 Å². The standard InChI is InChI=1S/C29H39N5O2S/c1-4-6-7-9-20-35-27-18-16-26(17-19-27)32-31-24-12-14-25(15-13-24)33-34-29-30-22-28(37-29)36-21-10-8-11-23(3)5-2/h12-19,22-23H,4-11,20-21H2,1-3H3/b32-31+,34-33+. The SMILES string of the molecule is CCCCCCOc1ccc(/N=N/c2ccc(/N=N/c3ncc(OCCCCC(C)CC)s3)cc2)cc1. The number of azo groups is 2. The average Bonchev–Trinajstić information content (AvgIpc) is 3.39. The summed E-state index contributed by atoms with van der Waals surface area (Å²) in [6.45, 7) is 8.20. The molecule has 0 aliphatic rings. The monoisotopic (exact) mass is 521 g/mol. The second kappa shape index (κ2) is 16.6. The van der Waals surface area contributed by atoms with E-state index in [0.29, 0.717) is 11.7 Å². The number of hydrogen-bond donors (Lipinski definition) is 0. The smallest absolute Gasteiger partial charge is 0.233 e. The minimum absolute atomic E-state index is 0.576. The van der Waals surface area contributed by atoms with Gasteiger partial charge in [0.05, 0.1) is 36.5 Å². The Morgan fingerprint density at radius 3 is 1.97 bits per heavy atom. The fourth-order valence-corrected chi connectivity index (χ4v) is 4.08. The lowest BCUT2D eigenvalue weighted by molar-refractivity contribution is 0.305. The predicted molar refractivity (Wildman–Crippen MR) is 152 cm³/mol. The van der Waals surface area contributed by atoms with Crippen LogP contribution in [0.3, 0.4) is 0 Å². The van der Waals surface area contributed by atoms with E-state index in [1.807, 2.05) is 48.5 Å². The van der Waals surface area contributed by atoms with Crippen molar-refractivity contribution in [3.8, 4) is 10.8 Å². The van der Waals surface area contributed by atoms with Crippen LogP contribution in [0.1, 0.15) is 72.1 Å². The maximum atomic E-state index is 5.79. The summed E-state index contributed by atoms with van der Waals surface area (Å²) in [6, 6.07) is 15.1. The number of hydrogen-bond acceptors (Lipinski definition) is 8. The molecule has 0 saturated heterocycles. The highest BCUT2D eigenvalue weighted by Gasteiger charge is 2.03. The largest absolute Gasteiger partial charge is 0.494 e. The van der Waals surface area contributed by atoms with Crippen LogP contribution < -0.4 is 9.47 Å². The van der Waals surface area contributed by atoms with Gasteiger partial charge in [-0.2, -0.15) is 10.2 Å². The zero-order valence-electron chi connectivity index (χ0n) is 22.3. The Bertz CT molecular complexity index is 1080. The molecule has 37 heavy (non-hydrogen) atoms. The summed E-state index contributed by atoms with van der Waals surface area (Å²) < 4.78 is 11.6. The van der Waals surface area contributed by atoms with E-state index in [1.54, 1.807) is 6.20 Å². The number of ether oxygens (including phenoxy) is 2. The molecule has 0 aliphatic carbocycles. The van der Waals surface area contributed by atoms with Gasteiger partial charge in [-0.25, -0.2) is 4.98 Å². The topological polar surface area (TPSA) is 80.8 Å². The van der Waals surface area contributed by atoms with Crippen molar-refractivity contribution in [2.75, 3.05) is 13.2 Å². The molecular weight excluding hydrogens is 482 g/mol. The molecule has 0 aliphatic heterocycles. The third-order valence-electron chi connectivity index (χ3n) is 5.99. The summed E-state index contributed by atoms with van der Waals surface area (Å²) in [5, 5.41) is 18.5. The lowest BCUT2D eigenvalue weighted by Gasteiger charge is -2.07. The van der Waals surface area contributed by atoms with Gasteiger partial charge in [-0.1, -0.05) is 64.2 Å². The molecule has 1 aromatic heterocycles. The van der Waals surface area contributed by atoms with E-state index >= 15 is 0 Å². The highest BCUT2D eigenvalue weighted by Crippen LogP contribution is 2.30. The van der Waals surface area contributed by atoms with Crippen molar-refractivity contribution in [1.82, 2.24) is 4.98 Å². The van der Waals surface area contributed by atoms with E-state index in [4.69, 9.17) is 9.47 Å². The summed E-state index contributed by atoms with van der Waals surface area (Å²) in [4.78, 5) is 4.28. The Hall–Kier alpha value is -3.13. The lowest BCUT2D eigenvalue weighted by Crippen LogP contribution is -1.98. The zero-order valence-corrected chi connectivity index (χ0v) is 23.1. The zero-order chi connectivity index (χ0) is 26.1. The predicted octanol–water partition coefficient (Wildman–Crippen LogP) is 10.5. The quantitative estimate of drug-likeness (QED) is 0.131. The Morgan fingerprint density at radius 2 is 1.32 bits per heavy atom. The number of nitrogens with zero attached hydrogens (tertiary/aromatic N) is 5. The third kappa shape index (κ3) is 11.2. The Morgan fingerprint density at radius 1 is 0.730 bits per heavy atom. The minimum Gasteiger partial charge on any atom is -0.494 e. The van der Waals surface area contributed by atoms with Crippen molar-refractivity contribution in [3.05, 3.63) is 54.7 Å². The minimum atomic E-state index is 0.576. The molecule has 0 amide bonds. The van der Waals surface area contributed by atoms with Crippen LogP contribution in [0.5, 0.6) is 10.8 Å². The van der Waals surface area contributed by atoms with Crippen LogP contribution in [0.25, 0.3) is 0 Å².